The Hall–Kier alpha value is -1.36. The van der Waals surface area contributed by atoms with E-state index in [9.17, 15) is 4.79 Å². The van der Waals surface area contributed by atoms with Crippen molar-refractivity contribution in [3.63, 3.8) is 0 Å². The maximum absolute atomic E-state index is 12.4. The summed E-state index contributed by atoms with van der Waals surface area (Å²) >= 11 is 0. The molecule has 21 heavy (non-hydrogen) atoms. The number of esters is 1. The van der Waals surface area contributed by atoms with Crippen molar-refractivity contribution in [2.75, 3.05) is 13.2 Å². The van der Waals surface area contributed by atoms with Gasteiger partial charge in [0.2, 0.25) is 0 Å². The zero-order valence-corrected chi connectivity index (χ0v) is 13.8. The van der Waals surface area contributed by atoms with E-state index in [4.69, 9.17) is 10.5 Å². The van der Waals surface area contributed by atoms with Gasteiger partial charge >= 0.3 is 5.97 Å². The number of ether oxygens (including phenoxy) is 1. The van der Waals surface area contributed by atoms with Crippen molar-refractivity contribution in [2.24, 2.45) is 11.1 Å². The summed E-state index contributed by atoms with van der Waals surface area (Å²) in [5, 5.41) is 4.59. The second-order valence-corrected chi connectivity index (χ2v) is 5.68. The first-order valence-corrected chi connectivity index (χ1v) is 7.94. The van der Waals surface area contributed by atoms with Crippen molar-refractivity contribution in [2.45, 2.75) is 59.4 Å². The average molecular weight is 295 g/mol. The lowest BCUT2D eigenvalue weighted by Crippen LogP contribution is -2.42. The lowest BCUT2D eigenvalue weighted by Gasteiger charge is -2.29. The SMILES string of the molecule is CCCC(CN)(Cc1ccn(C(C)CC)n1)C(=O)OCC. The van der Waals surface area contributed by atoms with Crippen molar-refractivity contribution in [3.8, 4) is 0 Å². The number of nitrogens with two attached hydrogens (primary N) is 1. The van der Waals surface area contributed by atoms with Crippen LogP contribution in [0.25, 0.3) is 0 Å². The first-order valence-electron chi connectivity index (χ1n) is 7.94. The molecule has 1 rings (SSSR count). The van der Waals surface area contributed by atoms with E-state index in [1.807, 2.05) is 23.9 Å². The Balaban J connectivity index is 2.95. The molecule has 1 heterocycles. The third-order valence-electron chi connectivity index (χ3n) is 4.05. The summed E-state index contributed by atoms with van der Waals surface area (Å²) in [4.78, 5) is 12.4. The maximum Gasteiger partial charge on any atom is 0.313 e. The highest BCUT2D eigenvalue weighted by Crippen LogP contribution is 2.29. The minimum atomic E-state index is -0.653. The average Bonchev–Trinajstić information content (AvgIpc) is 2.94. The van der Waals surface area contributed by atoms with Crippen LogP contribution in [0.1, 0.15) is 58.7 Å². The fourth-order valence-electron chi connectivity index (χ4n) is 2.53. The lowest BCUT2D eigenvalue weighted by atomic mass is 9.79. The number of hydrogen-bond donors (Lipinski definition) is 1. The molecule has 1 aromatic heterocycles. The molecule has 0 spiro atoms. The highest BCUT2D eigenvalue weighted by Gasteiger charge is 2.38. The van der Waals surface area contributed by atoms with Gasteiger partial charge in [-0.25, -0.2) is 0 Å². The Morgan fingerprint density at radius 1 is 1.48 bits per heavy atom. The number of rotatable bonds is 9. The van der Waals surface area contributed by atoms with E-state index >= 15 is 0 Å². The Kier molecular flexibility index (Phi) is 6.89. The van der Waals surface area contributed by atoms with Crippen molar-refractivity contribution >= 4 is 5.97 Å². The minimum Gasteiger partial charge on any atom is -0.466 e. The number of carbonyl (C=O) groups is 1. The highest BCUT2D eigenvalue weighted by molar-refractivity contribution is 5.77. The van der Waals surface area contributed by atoms with Crippen LogP contribution in [0.2, 0.25) is 0 Å². The molecule has 0 aromatic carbocycles. The van der Waals surface area contributed by atoms with Gasteiger partial charge in [0.1, 0.15) is 0 Å². The van der Waals surface area contributed by atoms with Crippen molar-refractivity contribution in [3.05, 3.63) is 18.0 Å². The van der Waals surface area contributed by atoms with Gasteiger partial charge in [0.25, 0.3) is 0 Å². The van der Waals surface area contributed by atoms with E-state index in [1.165, 1.54) is 0 Å². The van der Waals surface area contributed by atoms with Crippen molar-refractivity contribution in [1.82, 2.24) is 9.78 Å². The molecule has 0 radical (unpaired) electrons. The zero-order valence-electron chi connectivity index (χ0n) is 13.8. The molecule has 0 saturated heterocycles. The van der Waals surface area contributed by atoms with Crippen LogP contribution < -0.4 is 5.73 Å². The normalized spacial score (nSPS) is 15.5. The molecular weight excluding hydrogens is 266 g/mol. The van der Waals surface area contributed by atoms with Gasteiger partial charge in [0.05, 0.1) is 17.7 Å². The number of carbonyl (C=O) groups excluding carboxylic acids is 1. The van der Waals surface area contributed by atoms with E-state index in [2.05, 4.69) is 25.9 Å². The Morgan fingerprint density at radius 3 is 2.71 bits per heavy atom. The highest BCUT2D eigenvalue weighted by atomic mass is 16.5. The fourth-order valence-corrected chi connectivity index (χ4v) is 2.53. The van der Waals surface area contributed by atoms with Gasteiger partial charge in [-0.15, -0.1) is 0 Å². The summed E-state index contributed by atoms with van der Waals surface area (Å²) in [6.07, 6.45) is 5.15. The molecule has 0 aliphatic carbocycles. The van der Waals surface area contributed by atoms with Gasteiger partial charge in [0.15, 0.2) is 0 Å². The predicted octanol–water partition coefficient (Wildman–Crippen LogP) is 2.70. The first-order chi connectivity index (χ1) is 10.0. The van der Waals surface area contributed by atoms with Gasteiger partial charge in [-0.1, -0.05) is 20.3 Å². The molecule has 5 nitrogen and oxygen atoms in total. The molecule has 1 aromatic rings. The van der Waals surface area contributed by atoms with Crippen molar-refractivity contribution < 1.29 is 9.53 Å². The van der Waals surface area contributed by atoms with E-state index < -0.39 is 5.41 Å². The smallest absolute Gasteiger partial charge is 0.313 e. The molecule has 0 aliphatic rings. The van der Waals surface area contributed by atoms with Crippen LogP contribution in [-0.2, 0) is 16.0 Å². The Morgan fingerprint density at radius 2 is 2.19 bits per heavy atom. The van der Waals surface area contributed by atoms with Gasteiger partial charge < -0.3 is 10.5 Å². The molecule has 0 amide bonds. The second-order valence-electron chi connectivity index (χ2n) is 5.68. The minimum absolute atomic E-state index is 0.201. The van der Waals surface area contributed by atoms with Crippen LogP contribution in [0.15, 0.2) is 12.3 Å². The second kappa shape index (κ2) is 8.17. The molecule has 120 valence electrons. The topological polar surface area (TPSA) is 70.1 Å². The summed E-state index contributed by atoms with van der Waals surface area (Å²) in [6.45, 7) is 8.81. The molecule has 2 unspecified atom stereocenters. The van der Waals surface area contributed by atoms with Crippen LogP contribution in [-0.4, -0.2) is 28.9 Å². The van der Waals surface area contributed by atoms with Crippen LogP contribution in [0, 0.1) is 5.41 Å². The van der Waals surface area contributed by atoms with Gasteiger partial charge in [-0.05, 0) is 32.8 Å². The number of hydrogen-bond acceptors (Lipinski definition) is 4. The quantitative estimate of drug-likeness (QED) is 0.711. The molecule has 0 saturated carbocycles. The summed E-state index contributed by atoms with van der Waals surface area (Å²) < 4.78 is 7.20. The molecule has 0 bridgehead atoms. The predicted molar refractivity (Wildman–Crippen MR) is 84.0 cm³/mol. The third kappa shape index (κ3) is 4.30. The first kappa shape index (κ1) is 17.7. The van der Waals surface area contributed by atoms with E-state index in [-0.39, 0.29) is 12.5 Å². The Labute approximate surface area is 127 Å². The monoisotopic (exact) mass is 295 g/mol. The number of nitrogens with zero attached hydrogens (tertiary/aromatic N) is 2. The number of aromatic nitrogens is 2. The van der Waals surface area contributed by atoms with E-state index in [0.29, 0.717) is 19.1 Å². The fraction of sp³-hybridized carbons (Fsp3) is 0.750. The zero-order chi connectivity index (χ0) is 15.9. The molecule has 0 aliphatic heterocycles. The van der Waals surface area contributed by atoms with Gasteiger partial charge in [-0.3, -0.25) is 9.48 Å². The van der Waals surface area contributed by atoms with Gasteiger partial charge in [0, 0.05) is 25.2 Å². The summed E-state index contributed by atoms with van der Waals surface area (Å²) in [7, 11) is 0. The summed E-state index contributed by atoms with van der Waals surface area (Å²) in [5.41, 5.74) is 6.18. The lowest BCUT2D eigenvalue weighted by molar-refractivity contribution is -0.155. The van der Waals surface area contributed by atoms with Crippen LogP contribution in [0.5, 0.6) is 0 Å². The molecule has 2 atom stereocenters. The maximum atomic E-state index is 12.4. The third-order valence-corrected chi connectivity index (χ3v) is 4.05. The largest absolute Gasteiger partial charge is 0.466 e. The standard InChI is InChI=1S/C16H29N3O2/c1-5-9-16(12-17,15(20)21-7-3)11-14-8-10-19(18-14)13(4)6-2/h8,10,13H,5-7,9,11-12,17H2,1-4H3. The van der Waals surface area contributed by atoms with Crippen LogP contribution in [0.4, 0.5) is 0 Å². The van der Waals surface area contributed by atoms with E-state index in [0.717, 1.165) is 25.0 Å². The Bertz CT molecular complexity index is 444. The summed E-state index contributed by atoms with van der Waals surface area (Å²) in [5.74, 6) is -0.201. The van der Waals surface area contributed by atoms with E-state index in [1.54, 1.807) is 0 Å². The molecule has 5 heteroatoms. The van der Waals surface area contributed by atoms with Crippen molar-refractivity contribution in [1.29, 1.82) is 0 Å². The summed E-state index contributed by atoms with van der Waals surface area (Å²) in [6, 6.07) is 2.34. The van der Waals surface area contributed by atoms with Crippen LogP contribution >= 0.6 is 0 Å². The molecular formula is C16H29N3O2. The van der Waals surface area contributed by atoms with Crippen LogP contribution in [0.3, 0.4) is 0 Å². The van der Waals surface area contributed by atoms with Gasteiger partial charge in [-0.2, -0.15) is 5.10 Å². The molecule has 2 N–H and O–H groups in total. The molecule has 0 fully saturated rings.